The lowest BCUT2D eigenvalue weighted by Crippen LogP contribution is -2.31. The highest BCUT2D eigenvalue weighted by Crippen LogP contribution is 2.39. The number of fused-ring (bicyclic) bond motifs is 5. The molecule has 1 aromatic carbocycles. The van der Waals surface area contributed by atoms with E-state index in [-0.39, 0.29) is 11.2 Å². The maximum atomic E-state index is 11.6. The predicted molar refractivity (Wildman–Crippen MR) is 101 cm³/mol. The number of carboxylic acids is 1. The Labute approximate surface area is 158 Å². The van der Waals surface area contributed by atoms with Crippen LogP contribution in [0.15, 0.2) is 30.6 Å². The van der Waals surface area contributed by atoms with Gasteiger partial charge in [-0.25, -0.2) is 19.3 Å². The van der Waals surface area contributed by atoms with Gasteiger partial charge in [0.25, 0.3) is 0 Å². The van der Waals surface area contributed by atoms with Gasteiger partial charge in [0.05, 0.1) is 23.2 Å². The van der Waals surface area contributed by atoms with E-state index in [1.54, 1.807) is 46.4 Å². The van der Waals surface area contributed by atoms with Crippen LogP contribution in [0.2, 0.25) is 0 Å². The number of hydrogen-bond donors (Lipinski definition) is 1. The van der Waals surface area contributed by atoms with Gasteiger partial charge >= 0.3 is 5.97 Å². The van der Waals surface area contributed by atoms with Crippen LogP contribution in [0.4, 0.5) is 0 Å². The molecule has 3 aromatic heterocycles. The zero-order valence-electron chi connectivity index (χ0n) is 14.8. The monoisotopic (exact) mass is 380 g/mol. The zero-order valence-corrected chi connectivity index (χ0v) is 15.6. The van der Waals surface area contributed by atoms with Gasteiger partial charge in [-0.2, -0.15) is 0 Å². The van der Waals surface area contributed by atoms with Crippen LogP contribution < -0.4 is 0 Å². The minimum atomic E-state index is -1.00. The first-order chi connectivity index (χ1) is 12.9. The normalized spacial score (nSPS) is 15.9. The Morgan fingerprint density at radius 2 is 2.15 bits per heavy atom. The van der Waals surface area contributed by atoms with Crippen molar-refractivity contribution >= 4 is 33.2 Å². The van der Waals surface area contributed by atoms with Crippen LogP contribution in [0.1, 0.15) is 34.6 Å². The molecule has 0 fully saturated rings. The van der Waals surface area contributed by atoms with E-state index in [9.17, 15) is 9.90 Å². The van der Waals surface area contributed by atoms with Crippen LogP contribution in [-0.4, -0.2) is 36.3 Å². The Bertz CT molecular complexity index is 1220. The summed E-state index contributed by atoms with van der Waals surface area (Å²) in [5.74, 6) is -0.617. The molecule has 0 aliphatic carbocycles. The third-order valence-corrected chi connectivity index (χ3v) is 5.92. The van der Waals surface area contributed by atoms with Gasteiger partial charge < -0.3 is 9.84 Å². The van der Waals surface area contributed by atoms with E-state index in [0.717, 1.165) is 16.6 Å². The third-order valence-electron chi connectivity index (χ3n) is 4.81. The number of rotatable bonds is 2. The number of ether oxygens (including phenoxy) is 1. The van der Waals surface area contributed by atoms with E-state index in [1.807, 2.05) is 0 Å². The average Bonchev–Trinajstić information content (AvgIpc) is 3.21. The number of aromatic carboxylic acids is 1. The minimum Gasteiger partial charge on any atom is -0.478 e. The Morgan fingerprint density at radius 3 is 2.96 bits per heavy atom. The van der Waals surface area contributed by atoms with E-state index < -0.39 is 5.97 Å². The summed E-state index contributed by atoms with van der Waals surface area (Å²) < 4.78 is 7.56. The van der Waals surface area contributed by atoms with Crippen LogP contribution in [0.5, 0.6) is 0 Å². The number of benzene rings is 1. The molecule has 1 N–H and O–H groups in total. The Morgan fingerprint density at radius 1 is 1.33 bits per heavy atom. The van der Waals surface area contributed by atoms with Crippen molar-refractivity contribution in [3.8, 4) is 11.4 Å². The van der Waals surface area contributed by atoms with E-state index in [2.05, 4.69) is 23.9 Å². The fraction of sp³-hybridized carbons (Fsp3) is 0.263. The summed E-state index contributed by atoms with van der Waals surface area (Å²) in [5.41, 5.74) is 2.33. The molecule has 0 saturated heterocycles. The summed E-state index contributed by atoms with van der Waals surface area (Å²) in [6.07, 6.45) is 2.41. The van der Waals surface area contributed by atoms with Gasteiger partial charge in [-0.1, -0.05) is 18.2 Å². The Balaban J connectivity index is 1.77. The van der Waals surface area contributed by atoms with Crippen molar-refractivity contribution < 1.29 is 14.6 Å². The second kappa shape index (κ2) is 5.58. The number of aromatic nitrogens is 4. The van der Waals surface area contributed by atoms with Gasteiger partial charge in [0.15, 0.2) is 11.5 Å². The second-order valence-electron chi connectivity index (χ2n) is 7.21. The van der Waals surface area contributed by atoms with Gasteiger partial charge in [0.1, 0.15) is 11.2 Å². The Hall–Kier alpha value is -2.84. The SMILES string of the molecule is CC1(C)Cc2c(sc3ncn4nc(-c5ccccc5C(=O)O)nc4c23)CO1. The molecule has 136 valence electrons. The molecule has 0 amide bonds. The molecular formula is C19H16N4O3S. The summed E-state index contributed by atoms with van der Waals surface area (Å²) in [7, 11) is 0. The van der Waals surface area contributed by atoms with Gasteiger partial charge in [-0.15, -0.1) is 16.4 Å². The highest BCUT2D eigenvalue weighted by atomic mass is 32.1. The van der Waals surface area contributed by atoms with Crippen molar-refractivity contribution in [2.75, 3.05) is 0 Å². The fourth-order valence-corrected chi connectivity index (χ4v) is 4.59. The standard InChI is InChI=1S/C19H16N4O3S/c1-19(2)7-12-13(8-26-19)27-17-14(12)16-21-15(22-23(16)9-20-17)10-5-3-4-6-11(10)18(24)25/h3-6,9H,7-8H2,1-2H3,(H,24,25). The molecule has 0 bridgehead atoms. The maximum Gasteiger partial charge on any atom is 0.336 e. The van der Waals surface area contributed by atoms with Gasteiger partial charge in [-0.3, -0.25) is 0 Å². The summed E-state index contributed by atoms with van der Waals surface area (Å²) >= 11 is 1.62. The lowest BCUT2D eigenvalue weighted by molar-refractivity contribution is -0.0379. The maximum absolute atomic E-state index is 11.6. The fourth-order valence-electron chi connectivity index (χ4n) is 3.52. The summed E-state index contributed by atoms with van der Waals surface area (Å²) in [4.78, 5) is 22.9. The molecule has 1 aliphatic rings. The highest BCUT2D eigenvalue weighted by Gasteiger charge is 2.31. The molecule has 4 aromatic rings. The van der Waals surface area contributed by atoms with Crippen molar-refractivity contribution in [3.63, 3.8) is 0 Å². The first-order valence-electron chi connectivity index (χ1n) is 8.55. The molecule has 1 aliphatic heterocycles. The van der Waals surface area contributed by atoms with Crippen molar-refractivity contribution in [1.29, 1.82) is 0 Å². The molecule has 0 radical (unpaired) electrons. The third kappa shape index (κ3) is 2.52. The van der Waals surface area contributed by atoms with E-state index >= 15 is 0 Å². The first kappa shape index (κ1) is 16.3. The van der Waals surface area contributed by atoms with E-state index in [4.69, 9.17) is 9.72 Å². The Kier molecular flexibility index (Phi) is 3.38. The lowest BCUT2D eigenvalue weighted by Gasteiger charge is -2.30. The molecule has 8 heteroatoms. The highest BCUT2D eigenvalue weighted by molar-refractivity contribution is 7.19. The average molecular weight is 380 g/mol. The minimum absolute atomic E-state index is 0.180. The molecule has 0 spiro atoms. The van der Waals surface area contributed by atoms with Gasteiger partial charge in [0.2, 0.25) is 0 Å². The summed E-state index contributed by atoms with van der Waals surface area (Å²) in [6, 6.07) is 6.76. The van der Waals surface area contributed by atoms with Crippen LogP contribution in [-0.2, 0) is 17.8 Å². The van der Waals surface area contributed by atoms with Crippen molar-refractivity contribution in [2.24, 2.45) is 0 Å². The molecule has 0 unspecified atom stereocenters. The first-order valence-corrected chi connectivity index (χ1v) is 9.37. The molecule has 5 rings (SSSR count). The van der Waals surface area contributed by atoms with Crippen molar-refractivity contribution in [1.82, 2.24) is 19.6 Å². The second-order valence-corrected chi connectivity index (χ2v) is 8.29. The molecule has 4 heterocycles. The smallest absolute Gasteiger partial charge is 0.336 e. The van der Waals surface area contributed by atoms with Crippen LogP contribution in [0.3, 0.4) is 0 Å². The largest absolute Gasteiger partial charge is 0.478 e. The number of hydrogen-bond acceptors (Lipinski definition) is 6. The molecule has 27 heavy (non-hydrogen) atoms. The summed E-state index contributed by atoms with van der Waals surface area (Å²) in [5, 5.41) is 14.9. The topological polar surface area (TPSA) is 89.6 Å². The number of carboxylic acid groups (broad SMARTS) is 1. The van der Waals surface area contributed by atoms with E-state index in [1.165, 1.54) is 10.4 Å². The zero-order chi connectivity index (χ0) is 18.8. The van der Waals surface area contributed by atoms with Crippen LogP contribution in [0.25, 0.3) is 27.3 Å². The van der Waals surface area contributed by atoms with Gasteiger partial charge in [-0.05, 0) is 25.5 Å². The number of carbonyl (C=O) groups is 1. The molecular weight excluding hydrogens is 364 g/mol. The van der Waals surface area contributed by atoms with Crippen molar-refractivity contribution in [2.45, 2.75) is 32.5 Å². The predicted octanol–water partition coefficient (Wildman–Crippen LogP) is 3.56. The van der Waals surface area contributed by atoms with E-state index in [0.29, 0.717) is 23.6 Å². The van der Waals surface area contributed by atoms with Crippen LogP contribution >= 0.6 is 11.3 Å². The molecule has 7 nitrogen and oxygen atoms in total. The van der Waals surface area contributed by atoms with Gasteiger partial charge in [0, 0.05) is 16.9 Å². The summed E-state index contributed by atoms with van der Waals surface area (Å²) in [6.45, 7) is 4.72. The van der Waals surface area contributed by atoms with Crippen molar-refractivity contribution in [3.05, 3.63) is 46.6 Å². The number of nitrogens with zero attached hydrogens (tertiary/aromatic N) is 4. The van der Waals surface area contributed by atoms with Crippen LogP contribution in [0, 0.1) is 0 Å². The number of thiophene rings is 1. The lowest BCUT2D eigenvalue weighted by atomic mass is 9.94. The molecule has 0 atom stereocenters. The quantitative estimate of drug-likeness (QED) is 0.572. The molecule has 0 saturated carbocycles.